The molecule has 1 saturated heterocycles. The van der Waals surface area contributed by atoms with E-state index in [0.29, 0.717) is 13.1 Å². The highest BCUT2D eigenvalue weighted by atomic mass is 19.3. The van der Waals surface area contributed by atoms with Crippen molar-refractivity contribution in [3.8, 4) is 0 Å². The fourth-order valence-electron chi connectivity index (χ4n) is 2.38. The second kappa shape index (κ2) is 5.76. The molecule has 100 valence electrons. The molecule has 1 aliphatic heterocycles. The summed E-state index contributed by atoms with van der Waals surface area (Å²) in [5.41, 5.74) is 0.0780. The van der Waals surface area contributed by atoms with Crippen LogP contribution < -0.4 is 0 Å². The van der Waals surface area contributed by atoms with Gasteiger partial charge in [-0.15, -0.1) is 0 Å². The zero-order valence-electron chi connectivity index (χ0n) is 10.4. The van der Waals surface area contributed by atoms with Crippen LogP contribution in [0.1, 0.15) is 18.4 Å². The molecule has 2 rings (SSSR count). The van der Waals surface area contributed by atoms with Crippen molar-refractivity contribution in [1.82, 2.24) is 4.90 Å². The lowest BCUT2D eigenvalue weighted by atomic mass is 9.97. The number of benzene rings is 1. The third-order valence-corrected chi connectivity index (χ3v) is 3.58. The lowest BCUT2D eigenvalue weighted by Gasteiger charge is -2.33. The standard InChI is InChI=1S/C14H19F2NO/c15-14(16,13-4-2-1-3-5-13)11-17-8-6-12(10-18)7-9-17/h1-5,12,18H,6-11H2. The number of rotatable bonds is 4. The number of alkyl halides is 2. The molecule has 0 spiro atoms. The minimum atomic E-state index is -2.80. The first kappa shape index (κ1) is 13.4. The summed E-state index contributed by atoms with van der Waals surface area (Å²) >= 11 is 0. The number of aliphatic hydroxyl groups is 1. The lowest BCUT2D eigenvalue weighted by Crippen LogP contribution is -2.41. The molecule has 0 radical (unpaired) electrons. The molecule has 4 heteroatoms. The largest absolute Gasteiger partial charge is 0.396 e. The lowest BCUT2D eigenvalue weighted by molar-refractivity contribution is -0.0460. The Balaban J connectivity index is 1.93. The number of likely N-dealkylation sites (tertiary alicyclic amines) is 1. The average Bonchev–Trinajstić information content (AvgIpc) is 2.40. The second-order valence-corrected chi connectivity index (χ2v) is 4.97. The maximum atomic E-state index is 14.0. The number of hydrogen-bond acceptors (Lipinski definition) is 2. The predicted octanol–water partition coefficient (Wildman–Crippen LogP) is 2.48. The van der Waals surface area contributed by atoms with Gasteiger partial charge in [0.1, 0.15) is 0 Å². The van der Waals surface area contributed by atoms with Crippen LogP contribution in [0.5, 0.6) is 0 Å². The fraction of sp³-hybridized carbons (Fsp3) is 0.571. The molecule has 0 unspecified atom stereocenters. The van der Waals surface area contributed by atoms with Crippen molar-refractivity contribution in [3.05, 3.63) is 35.9 Å². The maximum absolute atomic E-state index is 14.0. The van der Waals surface area contributed by atoms with Gasteiger partial charge in [-0.1, -0.05) is 30.3 Å². The molecule has 0 saturated carbocycles. The minimum Gasteiger partial charge on any atom is -0.396 e. The van der Waals surface area contributed by atoms with E-state index >= 15 is 0 Å². The van der Waals surface area contributed by atoms with Gasteiger partial charge in [-0.3, -0.25) is 4.90 Å². The van der Waals surface area contributed by atoms with Crippen molar-refractivity contribution < 1.29 is 13.9 Å². The number of piperidine rings is 1. The molecular formula is C14H19F2NO. The highest BCUT2D eigenvalue weighted by Gasteiger charge is 2.34. The fourth-order valence-corrected chi connectivity index (χ4v) is 2.38. The zero-order valence-corrected chi connectivity index (χ0v) is 10.4. The number of aliphatic hydroxyl groups excluding tert-OH is 1. The van der Waals surface area contributed by atoms with Gasteiger partial charge in [-0.2, -0.15) is 8.78 Å². The molecule has 1 fully saturated rings. The number of halogens is 2. The van der Waals surface area contributed by atoms with E-state index < -0.39 is 5.92 Å². The predicted molar refractivity (Wildman–Crippen MR) is 66.6 cm³/mol. The second-order valence-electron chi connectivity index (χ2n) is 4.97. The summed E-state index contributed by atoms with van der Waals surface area (Å²) in [5.74, 6) is -2.51. The van der Waals surface area contributed by atoms with Gasteiger partial charge in [-0.05, 0) is 31.8 Å². The van der Waals surface area contributed by atoms with Crippen LogP contribution in [0.4, 0.5) is 8.78 Å². The van der Waals surface area contributed by atoms with Gasteiger partial charge in [0.05, 0.1) is 6.54 Å². The normalized spacial score (nSPS) is 19.1. The molecule has 1 aromatic carbocycles. The Morgan fingerprint density at radius 1 is 1.17 bits per heavy atom. The smallest absolute Gasteiger partial charge is 0.285 e. The van der Waals surface area contributed by atoms with E-state index in [0.717, 1.165) is 12.8 Å². The Bertz CT molecular complexity index is 361. The van der Waals surface area contributed by atoms with Crippen LogP contribution in [0.3, 0.4) is 0 Å². The molecular weight excluding hydrogens is 236 g/mol. The van der Waals surface area contributed by atoms with Crippen LogP contribution in [-0.2, 0) is 5.92 Å². The first-order valence-electron chi connectivity index (χ1n) is 6.38. The zero-order chi connectivity index (χ0) is 13.0. The maximum Gasteiger partial charge on any atom is 0.285 e. The van der Waals surface area contributed by atoms with Crippen LogP contribution in [0.2, 0.25) is 0 Å². The van der Waals surface area contributed by atoms with E-state index in [2.05, 4.69) is 0 Å². The SMILES string of the molecule is OCC1CCN(CC(F)(F)c2ccccc2)CC1. The third kappa shape index (κ3) is 3.27. The van der Waals surface area contributed by atoms with Gasteiger partial charge in [0.25, 0.3) is 5.92 Å². The summed E-state index contributed by atoms with van der Waals surface area (Å²) in [7, 11) is 0. The summed E-state index contributed by atoms with van der Waals surface area (Å²) in [5, 5.41) is 9.02. The van der Waals surface area contributed by atoms with Crippen LogP contribution >= 0.6 is 0 Å². The highest BCUT2D eigenvalue weighted by molar-refractivity contribution is 5.20. The Kier molecular flexibility index (Phi) is 4.30. The number of nitrogens with zero attached hydrogens (tertiary/aromatic N) is 1. The van der Waals surface area contributed by atoms with Gasteiger partial charge in [0.15, 0.2) is 0 Å². The van der Waals surface area contributed by atoms with Crippen molar-refractivity contribution in [3.63, 3.8) is 0 Å². The van der Waals surface area contributed by atoms with E-state index in [1.165, 1.54) is 12.1 Å². The van der Waals surface area contributed by atoms with Crippen LogP contribution in [-0.4, -0.2) is 36.2 Å². The van der Waals surface area contributed by atoms with Crippen molar-refractivity contribution in [1.29, 1.82) is 0 Å². The summed E-state index contributed by atoms with van der Waals surface area (Å²) in [6.45, 7) is 1.24. The molecule has 0 amide bonds. The Morgan fingerprint density at radius 2 is 1.78 bits per heavy atom. The highest BCUT2D eigenvalue weighted by Crippen LogP contribution is 2.30. The Morgan fingerprint density at radius 3 is 2.33 bits per heavy atom. The van der Waals surface area contributed by atoms with E-state index in [1.807, 2.05) is 0 Å². The van der Waals surface area contributed by atoms with Gasteiger partial charge in [0, 0.05) is 12.2 Å². The Hall–Kier alpha value is -1.00. The molecule has 1 N–H and O–H groups in total. The van der Waals surface area contributed by atoms with Crippen molar-refractivity contribution in [2.45, 2.75) is 18.8 Å². The molecule has 0 aromatic heterocycles. The molecule has 1 aliphatic rings. The molecule has 0 aliphatic carbocycles. The molecule has 18 heavy (non-hydrogen) atoms. The monoisotopic (exact) mass is 255 g/mol. The third-order valence-electron chi connectivity index (χ3n) is 3.58. The Labute approximate surface area is 106 Å². The topological polar surface area (TPSA) is 23.5 Å². The van der Waals surface area contributed by atoms with Crippen LogP contribution in [0.25, 0.3) is 0 Å². The summed E-state index contributed by atoms with van der Waals surface area (Å²) in [6.07, 6.45) is 1.61. The van der Waals surface area contributed by atoms with E-state index in [-0.39, 0.29) is 24.6 Å². The first-order chi connectivity index (χ1) is 8.62. The first-order valence-corrected chi connectivity index (χ1v) is 6.38. The van der Waals surface area contributed by atoms with Crippen molar-refractivity contribution in [2.24, 2.45) is 5.92 Å². The average molecular weight is 255 g/mol. The van der Waals surface area contributed by atoms with Crippen LogP contribution in [0.15, 0.2) is 30.3 Å². The van der Waals surface area contributed by atoms with Gasteiger partial charge in [-0.25, -0.2) is 0 Å². The molecule has 1 aromatic rings. The van der Waals surface area contributed by atoms with Crippen molar-refractivity contribution >= 4 is 0 Å². The summed E-state index contributed by atoms with van der Waals surface area (Å²) < 4.78 is 28.1. The molecule has 1 heterocycles. The van der Waals surface area contributed by atoms with Crippen LogP contribution in [0, 0.1) is 5.92 Å². The minimum absolute atomic E-state index is 0.0780. The summed E-state index contributed by atoms with van der Waals surface area (Å²) in [6, 6.07) is 7.97. The molecule has 0 bridgehead atoms. The quantitative estimate of drug-likeness (QED) is 0.893. The van der Waals surface area contributed by atoms with Gasteiger partial charge < -0.3 is 5.11 Å². The van der Waals surface area contributed by atoms with E-state index in [4.69, 9.17) is 5.11 Å². The molecule has 2 nitrogen and oxygen atoms in total. The van der Waals surface area contributed by atoms with Crippen molar-refractivity contribution in [2.75, 3.05) is 26.2 Å². The van der Waals surface area contributed by atoms with Gasteiger partial charge >= 0.3 is 0 Å². The van der Waals surface area contributed by atoms with Gasteiger partial charge in [0.2, 0.25) is 0 Å². The summed E-state index contributed by atoms with van der Waals surface area (Å²) in [4.78, 5) is 1.79. The van der Waals surface area contributed by atoms with E-state index in [9.17, 15) is 8.78 Å². The van der Waals surface area contributed by atoms with E-state index in [1.54, 1.807) is 23.1 Å². The molecule has 0 atom stereocenters. The number of hydrogen-bond donors (Lipinski definition) is 1.